The number of allylic oxidation sites excluding steroid dienone is 9. The Bertz CT molecular complexity index is 2690. The van der Waals surface area contributed by atoms with Crippen molar-refractivity contribution in [3.05, 3.63) is 172 Å². The van der Waals surface area contributed by atoms with Crippen LogP contribution < -0.4 is 15.4 Å². The zero-order valence-corrected chi connectivity index (χ0v) is 28.6. The van der Waals surface area contributed by atoms with Crippen molar-refractivity contribution in [1.82, 2.24) is 15.0 Å². The Kier molecular flexibility index (Phi) is 7.49. The molecule has 1 unspecified atom stereocenters. The van der Waals surface area contributed by atoms with Crippen LogP contribution in [0.25, 0.3) is 62.6 Å². The number of furan rings is 1. The van der Waals surface area contributed by atoms with Crippen LogP contribution in [0, 0.1) is 5.92 Å². The topological polar surface area (TPSA) is 61.0 Å². The molecule has 1 atom stereocenters. The van der Waals surface area contributed by atoms with Gasteiger partial charge in [0.2, 0.25) is 0 Å². The van der Waals surface area contributed by atoms with E-state index in [0.29, 0.717) is 23.4 Å². The van der Waals surface area contributed by atoms with Gasteiger partial charge in [-0.3, -0.25) is 0 Å². The normalized spacial score (nSPS) is 17.5. The van der Waals surface area contributed by atoms with Crippen molar-refractivity contribution in [1.29, 1.82) is 0 Å². The summed E-state index contributed by atoms with van der Waals surface area (Å²) in [6, 6.07) is 33.5. The van der Waals surface area contributed by atoms with E-state index < -0.39 is 0 Å². The molecular weight excluding hydrogens is 639 g/mol. The summed E-state index contributed by atoms with van der Waals surface area (Å²) in [5, 5.41) is 2.31. The highest BCUT2D eigenvalue weighted by molar-refractivity contribution is 5.89. The van der Waals surface area contributed by atoms with Crippen molar-refractivity contribution >= 4 is 28.7 Å². The zero-order chi connectivity index (χ0) is 34.4. The van der Waals surface area contributed by atoms with Gasteiger partial charge in [0.1, 0.15) is 22.5 Å². The Morgan fingerprint density at radius 2 is 1.54 bits per heavy atom. The van der Waals surface area contributed by atoms with Crippen molar-refractivity contribution in [3.8, 4) is 39.7 Å². The minimum absolute atomic E-state index is 0.312. The van der Waals surface area contributed by atoms with Gasteiger partial charge >= 0.3 is 0 Å². The van der Waals surface area contributed by atoms with Gasteiger partial charge in [-0.05, 0) is 78.3 Å². The van der Waals surface area contributed by atoms with E-state index in [1.807, 2.05) is 36.4 Å². The third kappa shape index (κ3) is 5.46. The number of rotatable bonds is 5. The zero-order valence-electron chi connectivity index (χ0n) is 28.6. The van der Waals surface area contributed by atoms with E-state index in [1.54, 1.807) is 0 Å². The maximum Gasteiger partial charge on any atom is 0.164 e. The largest absolute Gasteiger partial charge is 0.457 e. The molecular formula is C47H35N3O2. The second-order valence-electron chi connectivity index (χ2n) is 13.7. The molecule has 2 aromatic heterocycles. The highest BCUT2D eigenvalue weighted by Crippen LogP contribution is 2.41. The molecule has 5 nitrogen and oxygen atoms in total. The number of ether oxygens (including phenoxy) is 1. The molecule has 0 saturated heterocycles. The molecule has 52 heavy (non-hydrogen) atoms. The van der Waals surface area contributed by atoms with Crippen molar-refractivity contribution in [2.75, 3.05) is 0 Å². The lowest BCUT2D eigenvalue weighted by Gasteiger charge is -2.30. The van der Waals surface area contributed by atoms with Crippen molar-refractivity contribution in [2.45, 2.75) is 32.1 Å². The lowest BCUT2D eigenvalue weighted by molar-refractivity contribution is 0.404. The average molecular weight is 674 g/mol. The van der Waals surface area contributed by atoms with Gasteiger partial charge in [-0.2, -0.15) is 0 Å². The summed E-state index contributed by atoms with van der Waals surface area (Å²) >= 11 is 0. The summed E-state index contributed by atoms with van der Waals surface area (Å²) in [5.74, 6) is 4.27. The molecule has 3 aliphatic carbocycles. The fraction of sp³-hybridized carbons (Fsp3) is 0.128. The Morgan fingerprint density at radius 1 is 0.712 bits per heavy atom. The van der Waals surface area contributed by atoms with E-state index in [4.69, 9.17) is 24.1 Å². The summed E-state index contributed by atoms with van der Waals surface area (Å²) in [7, 11) is 0. The molecule has 250 valence electrons. The minimum Gasteiger partial charge on any atom is -0.457 e. The summed E-state index contributed by atoms with van der Waals surface area (Å²) in [5.41, 5.74) is 10.9. The highest BCUT2D eigenvalue weighted by Gasteiger charge is 2.28. The number of aromatic nitrogens is 3. The molecule has 0 spiro atoms. The summed E-state index contributed by atoms with van der Waals surface area (Å²) in [4.78, 5) is 15.0. The predicted octanol–water partition coefficient (Wildman–Crippen LogP) is 9.71. The highest BCUT2D eigenvalue weighted by atomic mass is 16.5. The van der Waals surface area contributed by atoms with Crippen molar-refractivity contribution in [2.24, 2.45) is 5.92 Å². The first-order valence-electron chi connectivity index (χ1n) is 18.1. The van der Waals surface area contributed by atoms with Crippen LogP contribution >= 0.6 is 0 Å². The van der Waals surface area contributed by atoms with Crippen LogP contribution in [0.2, 0.25) is 0 Å². The minimum atomic E-state index is 0.312. The Morgan fingerprint density at radius 3 is 2.48 bits per heavy atom. The Labute approximate surface area is 302 Å². The first kappa shape index (κ1) is 30.5. The third-order valence-electron chi connectivity index (χ3n) is 10.5. The van der Waals surface area contributed by atoms with E-state index in [2.05, 4.69) is 109 Å². The lowest BCUT2D eigenvalue weighted by atomic mass is 9.80. The van der Waals surface area contributed by atoms with E-state index in [1.165, 1.54) is 21.9 Å². The number of hydrogen-bond acceptors (Lipinski definition) is 5. The standard InChI is InChI=1S/C47H35N3O2/c1-2-5-14-30(13-4-1)45-48-46(31-15-6-3-7-16-31)50-47(49-45)38-19-10-9-18-35(38)33-23-25-37-40-27-32(24-26-43(40)52-44(37)29-33)36-20-12-22-42-39(36)28-34-17-8-11-21-41(34)51-42/h1,3-11,13-19,21-23,25-27,29,32H,2,12,20,24,28H2. The summed E-state index contributed by atoms with van der Waals surface area (Å²) in [6.45, 7) is 0. The molecule has 4 aliphatic rings. The molecule has 1 aliphatic heterocycles. The van der Waals surface area contributed by atoms with Crippen LogP contribution in [-0.4, -0.2) is 15.0 Å². The third-order valence-corrected chi connectivity index (χ3v) is 10.5. The van der Waals surface area contributed by atoms with E-state index in [9.17, 15) is 0 Å². The SMILES string of the molecule is C1=CCC=CC(c2nc(-c3ccccc3)nc(-c3ccccc3-c3ccc4c5c(oc4c3)=CCC(C3=C4Cc6ccccc6OC4=CCC3)C=5)n2)=C1. The molecule has 3 heterocycles. The van der Waals surface area contributed by atoms with Gasteiger partial charge in [0.15, 0.2) is 17.5 Å². The van der Waals surface area contributed by atoms with Gasteiger partial charge in [0.05, 0.1) is 0 Å². The van der Waals surface area contributed by atoms with Crippen LogP contribution in [0.1, 0.15) is 37.1 Å². The van der Waals surface area contributed by atoms with Crippen LogP contribution in [0.3, 0.4) is 0 Å². The molecule has 10 rings (SSSR count). The molecule has 0 bridgehead atoms. The second kappa shape index (κ2) is 12.8. The van der Waals surface area contributed by atoms with Crippen molar-refractivity contribution < 1.29 is 9.15 Å². The van der Waals surface area contributed by atoms with Crippen LogP contribution in [-0.2, 0) is 6.42 Å². The molecule has 0 N–H and O–H groups in total. The van der Waals surface area contributed by atoms with Crippen LogP contribution in [0.15, 0.2) is 155 Å². The predicted molar refractivity (Wildman–Crippen MR) is 208 cm³/mol. The maximum absolute atomic E-state index is 6.57. The van der Waals surface area contributed by atoms with Crippen LogP contribution in [0.5, 0.6) is 5.75 Å². The first-order valence-corrected chi connectivity index (χ1v) is 18.1. The van der Waals surface area contributed by atoms with Crippen molar-refractivity contribution in [3.63, 3.8) is 0 Å². The quantitative estimate of drug-likeness (QED) is 0.182. The van der Waals surface area contributed by atoms with Gasteiger partial charge in [0.25, 0.3) is 0 Å². The lowest BCUT2D eigenvalue weighted by Crippen LogP contribution is -2.27. The van der Waals surface area contributed by atoms with E-state index in [-0.39, 0.29) is 0 Å². The molecule has 0 saturated carbocycles. The number of fused-ring (bicyclic) bond motifs is 5. The van der Waals surface area contributed by atoms with Gasteiger partial charge < -0.3 is 9.15 Å². The average Bonchev–Trinajstić information content (AvgIpc) is 3.35. The molecule has 4 aromatic carbocycles. The maximum atomic E-state index is 6.57. The van der Waals surface area contributed by atoms with Gasteiger partial charge in [-0.25, -0.2) is 15.0 Å². The molecule has 0 radical (unpaired) electrons. The second-order valence-corrected chi connectivity index (χ2v) is 13.7. The Hall–Kier alpha value is -6.33. The fourth-order valence-electron chi connectivity index (χ4n) is 7.94. The first-order chi connectivity index (χ1) is 25.7. The Balaban J connectivity index is 1.05. The number of para-hydroxylation sites is 1. The summed E-state index contributed by atoms with van der Waals surface area (Å²) in [6.07, 6.45) is 22.2. The van der Waals surface area contributed by atoms with Gasteiger partial charge in [-0.1, -0.05) is 121 Å². The molecule has 0 fully saturated rings. The number of benzene rings is 4. The summed E-state index contributed by atoms with van der Waals surface area (Å²) < 4.78 is 13.0. The smallest absolute Gasteiger partial charge is 0.164 e. The molecule has 6 aromatic rings. The number of hydrogen-bond donors (Lipinski definition) is 0. The van der Waals surface area contributed by atoms with E-state index in [0.717, 1.165) is 87.8 Å². The van der Waals surface area contributed by atoms with Gasteiger partial charge in [0, 0.05) is 39.6 Å². The van der Waals surface area contributed by atoms with E-state index >= 15 is 0 Å². The fourth-order valence-corrected chi connectivity index (χ4v) is 7.94. The molecule has 0 amide bonds. The molecule has 5 heteroatoms. The monoisotopic (exact) mass is 673 g/mol. The number of nitrogens with zero attached hydrogens (tertiary/aromatic N) is 3. The van der Waals surface area contributed by atoms with Gasteiger partial charge in [-0.15, -0.1) is 0 Å². The van der Waals surface area contributed by atoms with Crippen LogP contribution in [0.4, 0.5) is 0 Å².